The van der Waals surface area contributed by atoms with Crippen molar-refractivity contribution in [2.45, 2.75) is 0 Å². The van der Waals surface area contributed by atoms with Crippen molar-refractivity contribution in [3.05, 3.63) is 57.2 Å². The predicted molar refractivity (Wildman–Crippen MR) is 95.0 cm³/mol. The van der Waals surface area contributed by atoms with Gasteiger partial charge in [0.25, 0.3) is 5.91 Å². The Hall–Kier alpha value is -1.83. The van der Waals surface area contributed by atoms with Crippen LogP contribution >= 0.6 is 38.9 Å². The summed E-state index contributed by atoms with van der Waals surface area (Å²) in [7, 11) is 1.66. The highest BCUT2D eigenvalue weighted by atomic mass is 79.9. The van der Waals surface area contributed by atoms with Gasteiger partial charge in [0, 0.05) is 29.3 Å². The first kappa shape index (κ1) is 16.0. The fourth-order valence-electron chi connectivity index (χ4n) is 1.92. The molecule has 0 saturated carbocycles. The molecule has 2 aromatic heterocycles. The minimum atomic E-state index is -0.243. The van der Waals surface area contributed by atoms with Crippen molar-refractivity contribution in [1.29, 1.82) is 0 Å². The van der Waals surface area contributed by atoms with Crippen LogP contribution in [0.2, 0.25) is 5.02 Å². The van der Waals surface area contributed by atoms with Crippen LogP contribution in [0, 0.1) is 0 Å². The average molecular weight is 410 g/mol. The SMILES string of the molecule is CN(C(=O)c1csc(-c2ncccn2)n1)c1ccc(Br)cc1Cl. The van der Waals surface area contributed by atoms with Gasteiger partial charge in [-0.2, -0.15) is 0 Å². The molecular weight excluding hydrogens is 400 g/mol. The van der Waals surface area contributed by atoms with Crippen molar-refractivity contribution in [3.8, 4) is 10.8 Å². The molecule has 1 amide bonds. The third-order valence-electron chi connectivity index (χ3n) is 3.06. The van der Waals surface area contributed by atoms with Crippen molar-refractivity contribution >= 4 is 50.5 Å². The molecule has 0 N–H and O–H groups in total. The maximum Gasteiger partial charge on any atom is 0.277 e. The van der Waals surface area contributed by atoms with E-state index in [1.54, 1.807) is 43.0 Å². The van der Waals surface area contributed by atoms with Crippen LogP contribution in [0.1, 0.15) is 10.5 Å². The van der Waals surface area contributed by atoms with Crippen LogP contribution in [0.3, 0.4) is 0 Å². The van der Waals surface area contributed by atoms with E-state index in [0.717, 1.165) is 4.47 Å². The van der Waals surface area contributed by atoms with Gasteiger partial charge in [-0.05, 0) is 24.3 Å². The number of carbonyl (C=O) groups is 1. The Balaban J connectivity index is 1.87. The molecule has 0 saturated heterocycles. The second-order valence-corrected chi connectivity index (χ2v) is 6.75. The van der Waals surface area contributed by atoms with Gasteiger partial charge in [0.2, 0.25) is 0 Å². The number of amides is 1. The van der Waals surface area contributed by atoms with Gasteiger partial charge in [-0.3, -0.25) is 4.79 Å². The lowest BCUT2D eigenvalue weighted by molar-refractivity contribution is 0.0989. The van der Waals surface area contributed by atoms with Crippen LogP contribution in [-0.4, -0.2) is 27.9 Å². The Bertz CT molecular complexity index is 856. The summed E-state index contributed by atoms with van der Waals surface area (Å²) in [5.41, 5.74) is 0.948. The molecule has 3 aromatic rings. The summed E-state index contributed by atoms with van der Waals surface area (Å²) in [6.07, 6.45) is 3.28. The minimum absolute atomic E-state index is 0.243. The van der Waals surface area contributed by atoms with Crippen LogP contribution < -0.4 is 4.90 Å². The number of benzene rings is 1. The molecule has 0 bridgehead atoms. The van der Waals surface area contributed by atoms with Gasteiger partial charge in [0.05, 0.1) is 10.7 Å². The Morgan fingerprint density at radius 1 is 1.30 bits per heavy atom. The number of aromatic nitrogens is 3. The molecule has 0 spiro atoms. The van der Waals surface area contributed by atoms with Gasteiger partial charge >= 0.3 is 0 Å². The normalized spacial score (nSPS) is 10.6. The molecule has 0 atom stereocenters. The average Bonchev–Trinajstić information content (AvgIpc) is 3.04. The second-order valence-electron chi connectivity index (χ2n) is 4.57. The number of anilines is 1. The zero-order valence-corrected chi connectivity index (χ0v) is 15.1. The highest BCUT2D eigenvalue weighted by Gasteiger charge is 2.19. The first-order chi connectivity index (χ1) is 11.1. The number of hydrogen-bond donors (Lipinski definition) is 0. The van der Waals surface area contributed by atoms with E-state index in [1.165, 1.54) is 16.2 Å². The molecule has 0 fully saturated rings. The summed E-state index contributed by atoms with van der Waals surface area (Å²) in [5, 5.41) is 2.78. The van der Waals surface area contributed by atoms with Gasteiger partial charge in [-0.15, -0.1) is 11.3 Å². The van der Waals surface area contributed by atoms with Crippen molar-refractivity contribution in [1.82, 2.24) is 15.0 Å². The summed E-state index contributed by atoms with van der Waals surface area (Å²) in [5.74, 6) is 0.258. The number of nitrogens with zero attached hydrogens (tertiary/aromatic N) is 4. The van der Waals surface area contributed by atoms with E-state index in [0.29, 0.717) is 27.2 Å². The van der Waals surface area contributed by atoms with Crippen LogP contribution in [0.4, 0.5) is 5.69 Å². The molecule has 0 aliphatic rings. The van der Waals surface area contributed by atoms with E-state index in [1.807, 2.05) is 6.07 Å². The number of thiazole rings is 1. The molecule has 0 unspecified atom stereocenters. The van der Waals surface area contributed by atoms with E-state index in [2.05, 4.69) is 30.9 Å². The van der Waals surface area contributed by atoms with Gasteiger partial charge in [-0.1, -0.05) is 27.5 Å². The highest BCUT2D eigenvalue weighted by molar-refractivity contribution is 9.10. The summed E-state index contributed by atoms with van der Waals surface area (Å²) >= 11 is 10.9. The molecule has 23 heavy (non-hydrogen) atoms. The maximum absolute atomic E-state index is 12.6. The lowest BCUT2D eigenvalue weighted by Gasteiger charge is -2.17. The van der Waals surface area contributed by atoms with E-state index < -0.39 is 0 Å². The van der Waals surface area contributed by atoms with Crippen LogP contribution in [0.25, 0.3) is 10.8 Å². The van der Waals surface area contributed by atoms with E-state index in [9.17, 15) is 4.79 Å². The summed E-state index contributed by atoms with van der Waals surface area (Å²) in [4.78, 5) is 26.6. The second kappa shape index (κ2) is 6.74. The third-order valence-corrected chi connectivity index (χ3v) is 4.69. The van der Waals surface area contributed by atoms with Crippen molar-refractivity contribution in [3.63, 3.8) is 0 Å². The van der Waals surface area contributed by atoms with Crippen molar-refractivity contribution in [2.75, 3.05) is 11.9 Å². The molecule has 2 heterocycles. The lowest BCUT2D eigenvalue weighted by atomic mass is 10.3. The predicted octanol–water partition coefficient (Wildman–Crippen LogP) is 4.29. The van der Waals surface area contributed by atoms with E-state index in [-0.39, 0.29) is 5.91 Å². The standard InChI is InChI=1S/C15H10BrClN4OS/c1-21(12-4-3-9(16)7-10(12)17)15(22)11-8-23-14(20-11)13-18-5-2-6-19-13/h2-8H,1H3. The Labute approximate surface area is 150 Å². The topological polar surface area (TPSA) is 59.0 Å². The molecule has 0 radical (unpaired) electrons. The largest absolute Gasteiger partial charge is 0.309 e. The summed E-state index contributed by atoms with van der Waals surface area (Å²) in [6.45, 7) is 0. The Kier molecular flexibility index (Phi) is 4.70. The molecule has 8 heteroatoms. The number of rotatable bonds is 3. The lowest BCUT2D eigenvalue weighted by Crippen LogP contribution is -2.26. The zero-order chi connectivity index (χ0) is 16.4. The van der Waals surface area contributed by atoms with Gasteiger partial charge < -0.3 is 4.90 Å². The van der Waals surface area contributed by atoms with Crippen LogP contribution in [0.5, 0.6) is 0 Å². The molecule has 116 valence electrons. The fourth-order valence-corrected chi connectivity index (χ4v) is 3.46. The maximum atomic E-state index is 12.6. The van der Waals surface area contributed by atoms with Gasteiger partial charge in [0.1, 0.15) is 5.69 Å². The molecule has 0 aliphatic carbocycles. The highest BCUT2D eigenvalue weighted by Crippen LogP contribution is 2.29. The quantitative estimate of drug-likeness (QED) is 0.647. The fraction of sp³-hybridized carbons (Fsp3) is 0.0667. The third kappa shape index (κ3) is 3.41. The Morgan fingerprint density at radius 3 is 2.74 bits per heavy atom. The summed E-state index contributed by atoms with van der Waals surface area (Å²) in [6, 6.07) is 7.07. The summed E-state index contributed by atoms with van der Waals surface area (Å²) < 4.78 is 0.851. The molecular formula is C15H10BrClN4OS. The van der Waals surface area contributed by atoms with Crippen LogP contribution in [-0.2, 0) is 0 Å². The molecule has 0 aliphatic heterocycles. The number of hydrogen-bond acceptors (Lipinski definition) is 5. The monoisotopic (exact) mass is 408 g/mol. The van der Waals surface area contributed by atoms with Gasteiger partial charge in [-0.25, -0.2) is 15.0 Å². The zero-order valence-electron chi connectivity index (χ0n) is 11.9. The molecule has 3 rings (SSSR count). The number of carbonyl (C=O) groups excluding carboxylic acids is 1. The molecule has 5 nitrogen and oxygen atoms in total. The number of halogens is 2. The first-order valence-corrected chi connectivity index (χ1v) is 8.57. The van der Waals surface area contributed by atoms with E-state index in [4.69, 9.17) is 11.6 Å². The van der Waals surface area contributed by atoms with E-state index >= 15 is 0 Å². The van der Waals surface area contributed by atoms with Crippen molar-refractivity contribution in [2.24, 2.45) is 0 Å². The Morgan fingerprint density at radius 2 is 2.04 bits per heavy atom. The van der Waals surface area contributed by atoms with Crippen LogP contribution in [0.15, 0.2) is 46.5 Å². The first-order valence-electron chi connectivity index (χ1n) is 6.52. The molecule has 1 aromatic carbocycles. The van der Waals surface area contributed by atoms with Crippen molar-refractivity contribution < 1.29 is 4.79 Å². The minimum Gasteiger partial charge on any atom is -0.309 e. The smallest absolute Gasteiger partial charge is 0.277 e. The van der Waals surface area contributed by atoms with Gasteiger partial charge in [0.15, 0.2) is 10.8 Å².